The highest BCUT2D eigenvalue weighted by molar-refractivity contribution is 7.89. The molecule has 1 heterocycles. The SMILES string of the molecule is Nc1nonc1C(=O)NCCNS(=O)(=O)c1ccccc1[N+](=O)[O-]. The normalized spacial score (nSPS) is 11.2. The number of nitro benzene ring substituents is 1. The predicted octanol–water partition coefficient (Wildman–Crippen LogP) is -0.732. The fourth-order valence-electron chi connectivity index (χ4n) is 1.71. The summed E-state index contributed by atoms with van der Waals surface area (Å²) in [6, 6.07) is 4.91. The van der Waals surface area contributed by atoms with Crippen molar-refractivity contribution in [3.8, 4) is 0 Å². The Morgan fingerprint density at radius 3 is 2.62 bits per heavy atom. The number of aromatic nitrogens is 2. The van der Waals surface area contributed by atoms with Crippen molar-refractivity contribution in [3.63, 3.8) is 0 Å². The number of amides is 1. The van der Waals surface area contributed by atoms with Gasteiger partial charge in [0.25, 0.3) is 11.6 Å². The molecule has 13 heteroatoms. The molecule has 12 nitrogen and oxygen atoms in total. The number of para-hydroxylation sites is 1. The summed E-state index contributed by atoms with van der Waals surface area (Å²) in [6.07, 6.45) is 0. The maximum atomic E-state index is 12.1. The van der Waals surface area contributed by atoms with Crippen LogP contribution < -0.4 is 15.8 Å². The Morgan fingerprint density at radius 2 is 2.00 bits per heavy atom. The molecule has 0 atom stereocenters. The maximum Gasteiger partial charge on any atom is 0.289 e. The number of hydrogen-bond donors (Lipinski definition) is 3. The number of anilines is 1. The number of rotatable bonds is 7. The first-order chi connectivity index (χ1) is 11.3. The zero-order valence-corrected chi connectivity index (χ0v) is 12.8. The van der Waals surface area contributed by atoms with Crippen LogP contribution in [0.2, 0.25) is 0 Å². The number of carbonyl (C=O) groups is 1. The Morgan fingerprint density at radius 1 is 1.29 bits per heavy atom. The molecule has 1 amide bonds. The molecule has 4 N–H and O–H groups in total. The molecule has 1 aromatic carbocycles. The molecular weight excluding hydrogens is 344 g/mol. The summed E-state index contributed by atoms with van der Waals surface area (Å²) in [4.78, 5) is 21.3. The minimum Gasteiger partial charge on any atom is -0.379 e. The van der Waals surface area contributed by atoms with Gasteiger partial charge in [0.05, 0.1) is 4.92 Å². The van der Waals surface area contributed by atoms with Gasteiger partial charge in [0.2, 0.25) is 21.5 Å². The van der Waals surface area contributed by atoms with E-state index in [1.165, 1.54) is 12.1 Å². The van der Waals surface area contributed by atoms with E-state index < -0.39 is 31.4 Å². The fourth-order valence-corrected chi connectivity index (χ4v) is 2.91. The average Bonchev–Trinajstić information content (AvgIpc) is 2.97. The zero-order valence-electron chi connectivity index (χ0n) is 12.0. The number of nitrogens with two attached hydrogens (primary N) is 1. The summed E-state index contributed by atoms with van der Waals surface area (Å²) in [7, 11) is -4.11. The average molecular weight is 356 g/mol. The molecule has 24 heavy (non-hydrogen) atoms. The highest BCUT2D eigenvalue weighted by atomic mass is 32.2. The van der Waals surface area contributed by atoms with E-state index in [-0.39, 0.29) is 24.6 Å². The topological polar surface area (TPSA) is 183 Å². The highest BCUT2D eigenvalue weighted by Gasteiger charge is 2.24. The molecule has 0 saturated carbocycles. The van der Waals surface area contributed by atoms with E-state index in [2.05, 4.69) is 25.0 Å². The van der Waals surface area contributed by atoms with Crippen molar-refractivity contribution in [2.24, 2.45) is 0 Å². The van der Waals surface area contributed by atoms with Crippen molar-refractivity contribution in [2.75, 3.05) is 18.8 Å². The van der Waals surface area contributed by atoms with Gasteiger partial charge in [-0.25, -0.2) is 17.8 Å². The number of carbonyl (C=O) groups excluding carboxylic acids is 1. The molecular formula is C11H12N6O6S. The lowest BCUT2D eigenvalue weighted by molar-refractivity contribution is -0.387. The molecule has 0 aliphatic carbocycles. The first-order valence-corrected chi connectivity index (χ1v) is 7.90. The number of hydrogen-bond acceptors (Lipinski definition) is 9. The quantitative estimate of drug-likeness (QED) is 0.327. The molecule has 2 aromatic rings. The van der Waals surface area contributed by atoms with Crippen LogP contribution in [-0.2, 0) is 10.0 Å². The summed E-state index contributed by atoms with van der Waals surface area (Å²) in [5, 5.41) is 19.7. The molecule has 1 aromatic heterocycles. The lowest BCUT2D eigenvalue weighted by Gasteiger charge is -2.07. The van der Waals surface area contributed by atoms with Crippen LogP contribution in [-0.4, -0.2) is 42.7 Å². The minimum absolute atomic E-state index is 0.106. The van der Waals surface area contributed by atoms with Crippen molar-refractivity contribution in [2.45, 2.75) is 4.90 Å². The van der Waals surface area contributed by atoms with Gasteiger partial charge in [0.15, 0.2) is 4.90 Å². The van der Waals surface area contributed by atoms with Gasteiger partial charge in [-0.3, -0.25) is 14.9 Å². The van der Waals surface area contributed by atoms with Crippen LogP contribution in [0.15, 0.2) is 33.8 Å². The molecule has 0 fully saturated rings. The van der Waals surface area contributed by atoms with Crippen LogP contribution in [0.3, 0.4) is 0 Å². The summed E-state index contributed by atoms with van der Waals surface area (Å²) in [6.45, 7) is -0.309. The van der Waals surface area contributed by atoms with E-state index in [1.54, 1.807) is 0 Å². The van der Waals surface area contributed by atoms with Crippen molar-refractivity contribution < 1.29 is 22.8 Å². The number of benzene rings is 1. The molecule has 2 rings (SSSR count). The lowest BCUT2D eigenvalue weighted by atomic mass is 10.3. The largest absolute Gasteiger partial charge is 0.379 e. The smallest absolute Gasteiger partial charge is 0.289 e. The van der Waals surface area contributed by atoms with Crippen LogP contribution in [0.25, 0.3) is 0 Å². The van der Waals surface area contributed by atoms with E-state index in [4.69, 9.17) is 5.73 Å². The third kappa shape index (κ3) is 3.82. The number of nitrogen functional groups attached to an aromatic ring is 1. The Kier molecular flexibility index (Phi) is 5.05. The third-order valence-electron chi connectivity index (χ3n) is 2.78. The summed E-state index contributed by atoms with van der Waals surface area (Å²) < 4.78 is 30.6. The number of nitrogens with one attached hydrogen (secondary N) is 2. The van der Waals surface area contributed by atoms with Crippen molar-refractivity contribution in [1.29, 1.82) is 0 Å². The molecule has 0 radical (unpaired) electrons. The van der Waals surface area contributed by atoms with Crippen molar-refractivity contribution >= 4 is 27.4 Å². The van der Waals surface area contributed by atoms with E-state index in [0.29, 0.717) is 0 Å². The Bertz CT molecular complexity index is 863. The second-order valence-electron chi connectivity index (χ2n) is 4.38. The van der Waals surface area contributed by atoms with Crippen LogP contribution in [0.1, 0.15) is 10.5 Å². The van der Waals surface area contributed by atoms with Crippen molar-refractivity contribution in [1.82, 2.24) is 20.4 Å². The Balaban J connectivity index is 1.96. The number of nitrogens with zero attached hydrogens (tertiary/aromatic N) is 3. The summed E-state index contributed by atoms with van der Waals surface area (Å²) in [5.74, 6) is -0.897. The first kappa shape index (κ1) is 17.3. The van der Waals surface area contributed by atoms with Gasteiger partial charge in [-0.2, -0.15) is 0 Å². The van der Waals surface area contributed by atoms with Gasteiger partial charge in [0.1, 0.15) is 0 Å². The van der Waals surface area contributed by atoms with Gasteiger partial charge < -0.3 is 11.1 Å². The molecule has 128 valence electrons. The van der Waals surface area contributed by atoms with Gasteiger partial charge in [-0.15, -0.1) is 0 Å². The maximum absolute atomic E-state index is 12.1. The first-order valence-electron chi connectivity index (χ1n) is 6.42. The monoisotopic (exact) mass is 356 g/mol. The van der Waals surface area contributed by atoms with Crippen LogP contribution in [0, 0.1) is 10.1 Å². The lowest BCUT2D eigenvalue weighted by Crippen LogP contribution is -2.35. The summed E-state index contributed by atoms with van der Waals surface area (Å²) in [5.41, 5.74) is 4.56. The second kappa shape index (κ2) is 7.01. The van der Waals surface area contributed by atoms with Gasteiger partial charge in [-0.1, -0.05) is 12.1 Å². The standard InChI is InChI=1S/C11H12N6O6S/c12-10-9(15-23-16-10)11(18)13-5-6-14-24(21,22)8-4-2-1-3-7(8)17(19)20/h1-4,14H,5-6H2,(H2,12,16)(H,13,18). The van der Waals surface area contributed by atoms with Crippen LogP contribution in [0.5, 0.6) is 0 Å². The third-order valence-corrected chi connectivity index (χ3v) is 4.29. The minimum atomic E-state index is -4.11. The second-order valence-corrected chi connectivity index (χ2v) is 6.11. The molecule has 0 saturated heterocycles. The van der Waals surface area contributed by atoms with E-state index >= 15 is 0 Å². The Hall–Kier alpha value is -3.06. The Labute approximate surface area is 135 Å². The summed E-state index contributed by atoms with van der Waals surface area (Å²) >= 11 is 0. The van der Waals surface area contributed by atoms with Crippen LogP contribution in [0.4, 0.5) is 11.5 Å². The highest BCUT2D eigenvalue weighted by Crippen LogP contribution is 2.22. The zero-order chi connectivity index (χ0) is 17.7. The number of nitro groups is 1. The van der Waals surface area contributed by atoms with Gasteiger partial charge in [-0.05, 0) is 16.4 Å². The predicted molar refractivity (Wildman–Crippen MR) is 79.3 cm³/mol. The molecule has 0 spiro atoms. The molecule has 0 unspecified atom stereocenters. The number of sulfonamides is 1. The van der Waals surface area contributed by atoms with E-state index in [9.17, 15) is 23.3 Å². The fraction of sp³-hybridized carbons (Fsp3) is 0.182. The molecule has 0 bridgehead atoms. The van der Waals surface area contributed by atoms with Gasteiger partial charge >= 0.3 is 0 Å². The molecule has 0 aliphatic rings. The van der Waals surface area contributed by atoms with Crippen LogP contribution >= 0.6 is 0 Å². The van der Waals surface area contributed by atoms with E-state index in [0.717, 1.165) is 12.1 Å². The molecule has 0 aliphatic heterocycles. The van der Waals surface area contributed by atoms with Gasteiger partial charge in [0, 0.05) is 19.2 Å². The van der Waals surface area contributed by atoms with Crippen molar-refractivity contribution in [3.05, 3.63) is 40.1 Å². The van der Waals surface area contributed by atoms with E-state index in [1.807, 2.05) is 0 Å².